The zero-order valence-electron chi connectivity index (χ0n) is 18.1. The lowest BCUT2D eigenvalue weighted by molar-refractivity contribution is -0.134. The van der Waals surface area contributed by atoms with Gasteiger partial charge in [0.1, 0.15) is 18.7 Å². The molecule has 162 valence electrons. The Morgan fingerprint density at radius 1 is 1.03 bits per heavy atom. The molecule has 3 heterocycles. The van der Waals surface area contributed by atoms with Gasteiger partial charge in [-0.25, -0.2) is 19.3 Å². The Bertz CT molecular complexity index is 1030. The van der Waals surface area contributed by atoms with Crippen molar-refractivity contribution >= 4 is 5.91 Å². The highest BCUT2D eigenvalue weighted by Crippen LogP contribution is 2.30. The van der Waals surface area contributed by atoms with E-state index < -0.39 is 0 Å². The SMILES string of the molecule is CC(C)(C)N1CCN(C(=O)Cn2cnc(-c3ccc(F)cc3)c2-c2ccncn2)CC1. The second kappa shape index (κ2) is 8.55. The van der Waals surface area contributed by atoms with Gasteiger partial charge in [-0.05, 0) is 51.1 Å². The lowest BCUT2D eigenvalue weighted by atomic mass is 10.0. The average Bonchev–Trinajstić information content (AvgIpc) is 3.17. The van der Waals surface area contributed by atoms with Crippen molar-refractivity contribution in [3.63, 3.8) is 0 Å². The van der Waals surface area contributed by atoms with Crippen LogP contribution in [-0.4, -0.2) is 66.9 Å². The molecule has 0 saturated carbocycles. The van der Waals surface area contributed by atoms with Crippen LogP contribution >= 0.6 is 0 Å². The smallest absolute Gasteiger partial charge is 0.242 e. The number of nitrogens with zero attached hydrogens (tertiary/aromatic N) is 6. The van der Waals surface area contributed by atoms with Crippen molar-refractivity contribution in [2.24, 2.45) is 0 Å². The largest absolute Gasteiger partial charge is 0.339 e. The van der Waals surface area contributed by atoms with E-state index in [1.165, 1.54) is 18.5 Å². The van der Waals surface area contributed by atoms with E-state index in [0.717, 1.165) is 24.3 Å². The molecule has 0 unspecified atom stereocenters. The maximum atomic E-state index is 13.4. The molecule has 1 amide bonds. The van der Waals surface area contributed by atoms with Crippen molar-refractivity contribution in [1.82, 2.24) is 29.3 Å². The number of aromatic nitrogens is 4. The minimum Gasteiger partial charge on any atom is -0.339 e. The van der Waals surface area contributed by atoms with E-state index in [-0.39, 0.29) is 23.8 Å². The summed E-state index contributed by atoms with van der Waals surface area (Å²) in [5.74, 6) is -0.261. The summed E-state index contributed by atoms with van der Waals surface area (Å²) >= 11 is 0. The summed E-state index contributed by atoms with van der Waals surface area (Å²) in [7, 11) is 0. The third-order valence-electron chi connectivity index (χ3n) is 5.67. The van der Waals surface area contributed by atoms with Crippen LogP contribution in [0.3, 0.4) is 0 Å². The number of rotatable bonds is 4. The fourth-order valence-electron chi connectivity index (χ4n) is 3.89. The Hall–Kier alpha value is -3.13. The maximum Gasteiger partial charge on any atom is 0.242 e. The highest BCUT2D eigenvalue weighted by molar-refractivity contribution is 5.80. The van der Waals surface area contributed by atoms with Crippen LogP contribution in [0.25, 0.3) is 22.6 Å². The lowest BCUT2D eigenvalue weighted by Crippen LogP contribution is -2.55. The van der Waals surface area contributed by atoms with E-state index >= 15 is 0 Å². The number of hydrogen-bond donors (Lipinski definition) is 0. The van der Waals surface area contributed by atoms with Gasteiger partial charge in [0.2, 0.25) is 5.91 Å². The van der Waals surface area contributed by atoms with Crippen LogP contribution in [-0.2, 0) is 11.3 Å². The summed E-state index contributed by atoms with van der Waals surface area (Å²) in [5.41, 5.74) is 2.90. The quantitative estimate of drug-likeness (QED) is 0.646. The molecule has 7 nitrogen and oxygen atoms in total. The van der Waals surface area contributed by atoms with Gasteiger partial charge in [0.25, 0.3) is 0 Å². The third-order valence-corrected chi connectivity index (χ3v) is 5.67. The van der Waals surface area contributed by atoms with Gasteiger partial charge < -0.3 is 9.47 Å². The molecule has 0 N–H and O–H groups in total. The molecule has 1 aliphatic rings. The summed E-state index contributed by atoms with van der Waals surface area (Å²) in [6.07, 6.45) is 4.77. The van der Waals surface area contributed by atoms with Crippen LogP contribution < -0.4 is 0 Å². The number of carbonyl (C=O) groups is 1. The molecule has 0 bridgehead atoms. The summed E-state index contributed by atoms with van der Waals surface area (Å²) in [4.78, 5) is 30.3. The monoisotopic (exact) mass is 422 g/mol. The topological polar surface area (TPSA) is 67.2 Å². The highest BCUT2D eigenvalue weighted by atomic mass is 19.1. The Balaban J connectivity index is 1.59. The van der Waals surface area contributed by atoms with E-state index in [1.54, 1.807) is 30.7 Å². The molecule has 4 rings (SSSR count). The van der Waals surface area contributed by atoms with Crippen molar-refractivity contribution in [3.8, 4) is 22.6 Å². The van der Waals surface area contributed by atoms with Gasteiger partial charge in [0, 0.05) is 43.5 Å². The molecule has 0 atom stereocenters. The number of hydrogen-bond acceptors (Lipinski definition) is 5. The van der Waals surface area contributed by atoms with E-state index in [0.29, 0.717) is 24.5 Å². The first kappa shape index (κ1) is 21.1. The molecule has 1 fully saturated rings. The number of imidazole rings is 1. The molecule has 1 aliphatic heterocycles. The van der Waals surface area contributed by atoms with Crippen molar-refractivity contribution < 1.29 is 9.18 Å². The van der Waals surface area contributed by atoms with Crippen molar-refractivity contribution in [3.05, 3.63) is 55.0 Å². The third kappa shape index (κ3) is 4.64. The second-order valence-corrected chi connectivity index (χ2v) is 8.71. The molecule has 3 aromatic rings. The minimum absolute atomic E-state index is 0.0481. The predicted octanol–water partition coefficient (Wildman–Crippen LogP) is 3.09. The maximum absolute atomic E-state index is 13.4. The Labute approximate surface area is 181 Å². The molecular formula is C23H27FN6O. The van der Waals surface area contributed by atoms with E-state index in [1.807, 2.05) is 9.47 Å². The van der Waals surface area contributed by atoms with Crippen molar-refractivity contribution in [1.29, 1.82) is 0 Å². The highest BCUT2D eigenvalue weighted by Gasteiger charge is 2.28. The van der Waals surface area contributed by atoms with E-state index in [9.17, 15) is 9.18 Å². The second-order valence-electron chi connectivity index (χ2n) is 8.71. The van der Waals surface area contributed by atoms with Gasteiger partial charge in [0.15, 0.2) is 0 Å². The zero-order valence-corrected chi connectivity index (χ0v) is 18.1. The summed E-state index contributed by atoms with van der Waals surface area (Å²) < 4.78 is 15.2. The van der Waals surface area contributed by atoms with Gasteiger partial charge in [-0.3, -0.25) is 9.69 Å². The fraction of sp³-hybridized carbons (Fsp3) is 0.391. The van der Waals surface area contributed by atoms with Gasteiger partial charge in [-0.2, -0.15) is 0 Å². The van der Waals surface area contributed by atoms with Crippen LogP contribution in [0.4, 0.5) is 4.39 Å². The van der Waals surface area contributed by atoms with E-state index in [2.05, 4.69) is 40.6 Å². The molecule has 8 heteroatoms. The van der Waals surface area contributed by atoms with Crippen LogP contribution in [0, 0.1) is 5.82 Å². The normalized spacial score (nSPS) is 15.3. The van der Waals surface area contributed by atoms with Gasteiger partial charge in [-0.15, -0.1) is 0 Å². The number of carbonyl (C=O) groups excluding carboxylic acids is 1. The zero-order chi connectivity index (χ0) is 22.0. The Morgan fingerprint density at radius 2 is 1.74 bits per heavy atom. The molecule has 1 aromatic carbocycles. The fourth-order valence-corrected chi connectivity index (χ4v) is 3.89. The Morgan fingerprint density at radius 3 is 2.35 bits per heavy atom. The number of piperazine rings is 1. The number of halogens is 1. The summed E-state index contributed by atoms with van der Waals surface area (Å²) in [6.45, 7) is 9.89. The van der Waals surface area contributed by atoms with Gasteiger partial charge >= 0.3 is 0 Å². The molecule has 0 aliphatic carbocycles. The summed E-state index contributed by atoms with van der Waals surface area (Å²) in [6, 6.07) is 7.95. The average molecular weight is 423 g/mol. The van der Waals surface area contributed by atoms with Crippen molar-refractivity contribution in [2.45, 2.75) is 32.9 Å². The molecule has 1 saturated heterocycles. The molecule has 2 aromatic heterocycles. The van der Waals surface area contributed by atoms with Crippen molar-refractivity contribution in [2.75, 3.05) is 26.2 Å². The van der Waals surface area contributed by atoms with Crippen LogP contribution in [0.1, 0.15) is 20.8 Å². The standard InChI is InChI=1S/C23H27FN6O/c1-23(2,3)30-12-10-28(11-13-30)20(31)14-29-16-27-21(17-4-6-18(24)7-5-17)22(29)19-8-9-25-15-26-19/h4-9,15-16H,10-14H2,1-3H3. The first-order valence-electron chi connectivity index (χ1n) is 10.4. The number of benzene rings is 1. The number of amides is 1. The first-order valence-corrected chi connectivity index (χ1v) is 10.4. The molecule has 31 heavy (non-hydrogen) atoms. The van der Waals surface area contributed by atoms with Crippen LogP contribution in [0.2, 0.25) is 0 Å². The van der Waals surface area contributed by atoms with Crippen LogP contribution in [0.5, 0.6) is 0 Å². The van der Waals surface area contributed by atoms with Crippen LogP contribution in [0.15, 0.2) is 49.2 Å². The first-order chi connectivity index (χ1) is 14.8. The van der Waals surface area contributed by atoms with Gasteiger partial charge in [0.05, 0.1) is 23.4 Å². The van der Waals surface area contributed by atoms with E-state index in [4.69, 9.17) is 0 Å². The Kier molecular flexibility index (Phi) is 5.82. The molecule has 0 spiro atoms. The summed E-state index contributed by atoms with van der Waals surface area (Å²) in [5, 5.41) is 0. The molecule has 0 radical (unpaired) electrons. The minimum atomic E-state index is -0.309. The molecular weight excluding hydrogens is 395 g/mol. The predicted molar refractivity (Wildman–Crippen MR) is 117 cm³/mol. The van der Waals surface area contributed by atoms with Gasteiger partial charge in [-0.1, -0.05) is 0 Å². The lowest BCUT2D eigenvalue weighted by Gasteiger charge is -2.42.